The lowest BCUT2D eigenvalue weighted by Crippen LogP contribution is -2.17. The molecular formula is C25H21NO3S2. The number of hydrogen-bond donors (Lipinski definition) is 0. The molecule has 4 rings (SSSR count). The van der Waals surface area contributed by atoms with Gasteiger partial charge in [-0.05, 0) is 49.2 Å². The van der Waals surface area contributed by atoms with Crippen molar-refractivity contribution in [3.63, 3.8) is 0 Å². The van der Waals surface area contributed by atoms with Gasteiger partial charge in [0.1, 0.15) is 0 Å². The first-order chi connectivity index (χ1) is 14.9. The molecule has 4 nitrogen and oxygen atoms in total. The van der Waals surface area contributed by atoms with Crippen LogP contribution in [0.2, 0.25) is 0 Å². The predicted octanol–water partition coefficient (Wildman–Crippen LogP) is 5.61. The summed E-state index contributed by atoms with van der Waals surface area (Å²) in [5, 5.41) is 0. The minimum absolute atomic E-state index is 0.132. The number of thioether (sulfide) groups is 1. The fraction of sp³-hybridized carbons (Fsp3) is 0.120. The van der Waals surface area contributed by atoms with Crippen molar-refractivity contribution in [1.82, 2.24) is 0 Å². The number of carbonyl (C=O) groups excluding carboxylic acids is 1. The number of aryl methyl sites for hydroxylation is 2. The van der Waals surface area contributed by atoms with Crippen LogP contribution < -0.4 is 0 Å². The van der Waals surface area contributed by atoms with Crippen LogP contribution in [0.1, 0.15) is 34.0 Å². The fourth-order valence-electron chi connectivity index (χ4n) is 3.27. The molecule has 1 aliphatic rings. The Morgan fingerprint density at radius 1 is 0.871 bits per heavy atom. The van der Waals surface area contributed by atoms with Gasteiger partial charge < -0.3 is 0 Å². The highest BCUT2D eigenvalue weighted by Crippen LogP contribution is 2.34. The molecule has 0 saturated carbocycles. The van der Waals surface area contributed by atoms with E-state index in [4.69, 9.17) is 0 Å². The zero-order valence-electron chi connectivity index (χ0n) is 17.2. The van der Waals surface area contributed by atoms with E-state index in [2.05, 4.69) is 4.40 Å². The Hall–Kier alpha value is -2.96. The number of allylic oxidation sites excluding steroid dienone is 2. The van der Waals surface area contributed by atoms with E-state index < -0.39 is 10.0 Å². The first-order valence-electron chi connectivity index (χ1n) is 9.91. The van der Waals surface area contributed by atoms with Crippen molar-refractivity contribution in [2.75, 3.05) is 0 Å². The predicted molar refractivity (Wildman–Crippen MR) is 125 cm³/mol. The van der Waals surface area contributed by atoms with Crippen molar-refractivity contribution < 1.29 is 13.2 Å². The number of fused-ring (bicyclic) bond motifs is 1. The molecule has 3 aromatic carbocycles. The topological polar surface area (TPSA) is 63.6 Å². The van der Waals surface area contributed by atoms with E-state index >= 15 is 0 Å². The molecule has 0 N–H and O–H groups in total. The van der Waals surface area contributed by atoms with Gasteiger partial charge in [-0.1, -0.05) is 72.8 Å². The molecular weight excluding hydrogens is 426 g/mol. The molecule has 0 heterocycles. The monoisotopic (exact) mass is 447 g/mol. The van der Waals surface area contributed by atoms with E-state index in [9.17, 15) is 13.2 Å². The van der Waals surface area contributed by atoms with Crippen LogP contribution in [0.15, 0.2) is 98.0 Å². The van der Waals surface area contributed by atoms with Gasteiger partial charge in [0, 0.05) is 16.0 Å². The summed E-state index contributed by atoms with van der Waals surface area (Å²) < 4.78 is 30.1. The van der Waals surface area contributed by atoms with Crippen molar-refractivity contribution in [3.8, 4) is 0 Å². The van der Waals surface area contributed by atoms with Crippen molar-refractivity contribution in [2.45, 2.75) is 30.1 Å². The quantitative estimate of drug-likeness (QED) is 0.510. The molecule has 0 saturated heterocycles. The van der Waals surface area contributed by atoms with Crippen molar-refractivity contribution in [1.29, 1.82) is 0 Å². The highest BCUT2D eigenvalue weighted by Gasteiger charge is 2.26. The second kappa shape index (κ2) is 8.65. The fourth-order valence-corrected chi connectivity index (χ4v) is 5.16. The van der Waals surface area contributed by atoms with Crippen LogP contribution in [0, 0.1) is 6.92 Å². The molecule has 31 heavy (non-hydrogen) atoms. The lowest BCUT2D eigenvalue weighted by Gasteiger charge is -2.17. The lowest BCUT2D eigenvalue weighted by atomic mass is 9.94. The number of sulfonamides is 1. The number of rotatable bonds is 5. The molecule has 6 heteroatoms. The van der Waals surface area contributed by atoms with Gasteiger partial charge in [0.05, 0.1) is 15.5 Å². The van der Waals surface area contributed by atoms with Crippen molar-refractivity contribution in [2.24, 2.45) is 4.40 Å². The molecule has 0 radical (unpaired) electrons. The summed E-state index contributed by atoms with van der Waals surface area (Å²) >= 11 is 1.31. The highest BCUT2D eigenvalue weighted by atomic mass is 32.2. The summed E-state index contributed by atoms with van der Waals surface area (Å²) in [5.41, 5.74) is 3.42. The van der Waals surface area contributed by atoms with Crippen molar-refractivity contribution in [3.05, 3.63) is 106 Å². The Labute approximate surface area is 186 Å². The number of Topliss-reactive ketones (excluding diaryl/α,β-unsaturated/α-hetero) is 1. The molecule has 0 spiro atoms. The zero-order valence-corrected chi connectivity index (χ0v) is 18.8. The summed E-state index contributed by atoms with van der Waals surface area (Å²) in [6.45, 7) is 4.01. The highest BCUT2D eigenvalue weighted by molar-refractivity contribution is 8.04. The summed E-state index contributed by atoms with van der Waals surface area (Å²) in [6, 6.07) is 21.5. The maximum Gasteiger partial charge on any atom is 0.282 e. The minimum Gasteiger partial charge on any atom is -0.288 e. The first-order valence-corrected chi connectivity index (χ1v) is 12.2. The Bertz CT molecular complexity index is 1300. The number of carbonyl (C=O) groups is 1. The van der Waals surface area contributed by atoms with Gasteiger partial charge in [0.2, 0.25) is 0 Å². The van der Waals surface area contributed by atoms with Gasteiger partial charge in [0.15, 0.2) is 5.78 Å². The van der Waals surface area contributed by atoms with Gasteiger partial charge in [0.25, 0.3) is 10.0 Å². The normalized spacial score (nSPS) is 15.0. The van der Waals surface area contributed by atoms with E-state index in [1.807, 2.05) is 38.1 Å². The van der Waals surface area contributed by atoms with E-state index in [0.29, 0.717) is 16.0 Å². The lowest BCUT2D eigenvalue weighted by molar-refractivity contribution is 0.104. The van der Waals surface area contributed by atoms with Crippen LogP contribution in [0.25, 0.3) is 0 Å². The molecule has 0 aliphatic heterocycles. The van der Waals surface area contributed by atoms with Crippen LogP contribution in [0.5, 0.6) is 0 Å². The number of ketones is 1. The van der Waals surface area contributed by atoms with E-state index in [1.165, 1.54) is 11.8 Å². The number of benzene rings is 3. The molecule has 0 atom stereocenters. The molecule has 3 aromatic rings. The third-order valence-electron chi connectivity index (χ3n) is 5.04. The van der Waals surface area contributed by atoms with Gasteiger partial charge in [-0.25, -0.2) is 0 Å². The third-order valence-corrected chi connectivity index (χ3v) is 7.37. The maximum absolute atomic E-state index is 13.0. The third kappa shape index (κ3) is 4.55. The SMILES string of the molecule is CCc1ccc(S(=O)(=O)/N=C2\C=C(Sc3ccc(C)cc3)C(=O)c3ccccc32)cc1. The average molecular weight is 448 g/mol. The van der Waals surface area contributed by atoms with Gasteiger partial charge in [-0.2, -0.15) is 12.8 Å². The second-order valence-electron chi connectivity index (χ2n) is 7.25. The number of hydrogen-bond acceptors (Lipinski definition) is 4. The average Bonchev–Trinajstić information content (AvgIpc) is 2.78. The van der Waals surface area contributed by atoms with Crippen LogP contribution in [0.4, 0.5) is 0 Å². The minimum atomic E-state index is -3.92. The van der Waals surface area contributed by atoms with Gasteiger partial charge in [-0.3, -0.25) is 4.79 Å². The van der Waals surface area contributed by atoms with Crippen LogP contribution >= 0.6 is 11.8 Å². The second-order valence-corrected chi connectivity index (χ2v) is 9.97. The molecule has 156 valence electrons. The van der Waals surface area contributed by atoms with Gasteiger partial charge >= 0.3 is 0 Å². The van der Waals surface area contributed by atoms with Gasteiger partial charge in [-0.15, -0.1) is 0 Å². The summed E-state index contributed by atoms with van der Waals surface area (Å²) in [6.07, 6.45) is 2.40. The Morgan fingerprint density at radius 2 is 1.52 bits per heavy atom. The zero-order chi connectivity index (χ0) is 22.0. The maximum atomic E-state index is 13.0. The Morgan fingerprint density at radius 3 is 2.16 bits per heavy atom. The van der Waals surface area contributed by atoms with Crippen LogP contribution in [-0.2, 0) is 16.4 Å². The first kappa shape index (κ1) is 21.3. The molecule has 0 amide bonds. The Kier molecular flexibility index (Phi) is 5.94. The Balaban J connectivity index is 1.78. The van der Waals surface area contributed by atoms with Crippen LogP contribution in [0.3, 0.4) is 0 Å². The van der Waals surface area contributed by atoms with E-state index in [-0.39, 0.29) is 16.4 Å². The van der Waals surface area contributed by atoms with E-state index in [0.717, 1.165) is 22.4 Å². The molecule has 0 fully saturated rings. The summed E-state index contributed by atoms with van der Waals surface area (Å²) in [5.74, 6) is -0.134. The van der Waals surface area contributed by atoms with E-state index in [1.54, 1.807) is 54.6 Å². The number of nitrogens with zero attached hydrogens (tertiary/aromatic N) is 1. The summed E-state index contributed by atoms with van der Waals surface area (Å²) in [7, 11) is -3.92. The largest absolute Gasteiger partial charge is 0.288 e. The smallest absolute Gasteiger partial charge is 0.282 e. The molecule has 0 unspecified atom stereocenters. The van der Waals surface area contributed by atoms with Crippen molar-refractivity contribution >= 4 is 33.3 Å². The molecule has 0 bridgehead atoms. The summed E-state index contributed by atoms with van der Waals surface area (Å²) in [4.78, 5) is 14.5. The molecule has 1 aliphatic carbocycles. The standard InChI is InChI=1S/C25H21NO3S2/c1-3-18-10-14-20(15-11-18)31(28,29)26-23-16-24(30-19-12-8-17(2)9-13-19)25(27)22-7-5-4-6-21(22)23/h4-16H,3H2,1-2H3/b26-23+. The van der Waals surface area contributed by atoms with Crippen LogP contribution in [-0.4, -0.2) is 19.9 Å². The molecule has 0 aromatic heterocycles.